The summed E-state index contributed by atoms with van der Waals surface area (Å²) in [7, 11) is 0. The van der Waals surface area contributed by atoms with Crippen LogP contribution in [0.2, 0.25) is 0 Å². The normalized spacial score (nSPS) is 17.5. The lowest BCUT2D eigenvalue weighted by atomic mass is 10.1. The molecule has 1 aliphatic heterocycles. The van der Waals surface area contributed by atoms with Crippen molar-refractivity contribution in [2.45, 2.75) is 38.1 Å². The molecule has 1 aromatic rings. The summed E-state index contributed by atoms with van der Waals surface area (Å²) in [4.78, 5) is 25.7. The van der Waals surface area contributed by atoms with E-state index in [0.717, 1.165) is 31.2 Å². The van der Waals surface area contributed by atoms with Gasteiger partial charge in [0.25, 0.3) is 0 Å². The SMILES string of the molecule is NC(CNC(=O)CN1CCCCCCC1=O)c1ccccc1. The number of nitrogens with one attached hydrogen (secondary N) is 1. The molecule has 2 rings (SSSR count). The molecule has 22 heavy (non-hydrogen) atoms. The van der Waals surface area contributed by atoms with Gasteiger partial charge in [-0.2, -0.15) is 0 Å². The van der Waals surface area contributed by atoms with Gasteiger partial charge in [-0.3, -0.25) is 9.59 Å². The molecule has 1 unspecified atom stereocenters. The van der Waals surface area contributed by atoms with Crippen LogP contribution in [0.3, 0.4) is 0 Å². The molecule has 1 aromatic carbocycles. The average Bonchev–Trinajstić information content (AvgIpc) is 2.53. The molecule has 0 bridgehead atoms. The van der Waals surface area contributed by atoms with Gasteiger partial charge >= 0.3 is 0 Å². The van der Waals surface area contributed by atoms with Crippen molar-refractivity contribution in [3.05, 3.63) is 35.9 Å². The van der Waals surface area contributed by atoms with Crippen molar-refractivity contribution in [2.24, 2.45) is 5.73 Å². The summed E-state index contributed by atoms with van der Waals surface area (Å²) in [6, 6.07) is 9.44. The molecular formula is C17H25N3O2. The van der Waals surface area contributed by atoms with Gasteiger partial charge in [-0.1, -0.05) is 43.2 Å². The van der Waals surface area contributed by atoms with Crippen LogP contribution < -0.4 is 11.1 Å². The lowest BCUT2D eigenvalue weighted by molar-refractivity contribution is -0.136. The third kappa shape index (κ3) is 5.15. The molecule has 3 N–H and O–H groups in total. The predicted octanol–water partition coefficient (Wildman–Crippen LogP) is 1.60. The van der Waals surface area contributed by atoms with Gasteiger partial charge < -0.3 is 16.0 Å². The van der Waals surface area contributed by atoms with Crippen molar-refractivity contribution in [2.75, 3.05) is 19.6 Å². The number of carbonyl (C=O) groups excluding carboxylic acids is 2. The largest absolute Gasteiger partial charge is 0.353 e. The monoisotopic (exact) mass is 303 g/mol. The van der Waals surface area contributed by atoms with E-state index >= 15 is 0 Å². The molecule has 0 saturated carbocycles. The molecule has 0 radical (unpaired) electrons. The minimum atomic E-state index is -0.229. The fraction of sp³-hybridized carbons (Fsp3) is 0.529. The van der Waals surface area contributed by atoms with E-state index in [1.165, 1.54) is 0 Å². The number of nitrogens with two attached hydrogens (primary N) is 1. The van der Waals surface area contributed by atoms with Gasteiger partial charge in [-0.05, 0) is 18.4 Å². The van der Waals surface area contributed by atoms with Gasteiger partial charge in [0, 0.05) is 25.6 Å². The number of likely N-dealkylation sites (tertiary alicyclic amines) is 1. The van der Waals surface area contributed by atoms with Gasteiger partial charge in [-0.25, -0.2) is 0 Å². The van der Waals surface area contributed by atoms with Crippen LogP contribution in [0, 0.1) is 0 Å². The van der Waals surface area contributed by atoms with Gasteiger partial charge in [0.05, 0.1) is 6.54 Å². The van der Waals surface area contributed by atoms with Crippen LogP contribution in [0.15, 0.2) is 30.3 Å². The number of rotatable bonds is 5. The Bertz CT molecular complexity index is 490. The highest BCUT2D eigenvalue weighted by atomic mass is 16.2. The number of amides is 2. The Hall–Kier alpha value is -1.88. The second-order valence-electron chi connectivity index (χ2n) is 5.80. The van der Waals surface area contributed by atoms with Crippen LogP contribution in [0.4, 0.5) is 0 Å². The minimum Gasteiger partial charge on any atom is -0.353 e. The summed E-state index contributed by atoms with van der Waals surface area (Å²) in [5.74, 6) is -0.0532. The zero-order chi connectivity index (χ0) is 15.8. The van der Waals surface area contributed by atoms with Gasteiger partial charge in [-0.15, -0.1) is 0 Å². The standard InChI is InChI=1S/C17H25N3O2/c18-15(14-8-4-3-5-9-14)12-19-16(21)13-20-11-7-2-1-6-10-17(20)22/h3-5,8-9,15H,1-2,6-7,10-13,18H2,(H,19,21). The molecule has 2 amide bonds. The Labute approximate surface area is 131 Å². The van der Waals surface area contributed by atoms with Crippen LogP contribution in [0.5, 0.6) is 0 Å². The van der Waals surface area contributed by atoms with Crippen LogP contribution >= 0.6 is 0 Å². The van der Waals surface area contributed by atoms with Crippen molar-refractivity contribution >= 4 is 11.8 Å². The predicted molar refractivity (Wildman–Crippen MR) is 86.0 cm³/mol. The molecule has 1 atom stereocenters. The first-order chi connectivity index (χ1) is 10.7. The lowest BCUT2D eigenvalue weighted by Gasteiger charge is -2.24. The number of benzene rings is 1. The third-order valence-corrected chi connectivity index (χ3v) is 4.00. The van der Waals surface area contributed by atoms with Gasteiger partial charge in [0.15, 0.2) is 0 Å². The molecule has 1 fully saturated rings. The summed E-state index contributed by atoms with van der Waals surface area (Å²) in [6.07, 6.45) is 4.69. The van der Waals surface area contributed by atoms with E-state index < -0.39 is 0 Å². The molecule has 1 heterocycles. The van der Waals surface area contributed by atoms with Crippen molar-refractivity contribution < 1.29 is 9.59 Å². The maximum absolute atomic E-state index is 12.0. The topological polar surface area (TPSA) is 75.4 Å². The molecule has 1 aliphatic rings. The Morgan fingerprint density at radius 1 is 1.18 bits per heavy atom. The Kier molecular flexibility index (Phi) is 6.40. The summed E-state index contributed by atoms with van der Waals surface area (Å²) < 4.78 is 0. The Morgan fingerprint density at radius 3 is 2.68 bits per heavy atom. The zero-order valence-corrected chi connectivity index (χ0v) is 13.0. The molecular weight excluding hydrogens is 278 g/mol. The molecule has 1 saturated heterocycles. The molecule has 0 aliphatic carbocycles. The zero-order valence-electron chi connectivity index (χ0n) is 13.0. The first-order valence-electron chi connectivity index (χ1n) is 8.02. The van der Waals surface area contributed by atoms with Crippen molar-refractivity contribution in [1.82, 2.24) is 10.2 Å². The third-order valence-electron chi connectivity index (χ3n) is 4.00. The maximum atomic E-state index is 12.0. The number of nitrogens with zero attached hydrogens (tertiary/aromatic N) is 1. The Balaban J connectivity index is 1.78. The molecule has 5 nitrogen and oxygen atoms in total. The van der Waals surface area contributed by atoms with Crippen LogP contribution in [-0.2, 0) is 9.59 Å². The molecule has 5 heteroatoms. The van der Waals surface area contributed by atoms with Gasteiger partial charge in [0.1, 0.15) is 0 Å². The van der Waals surface area contributed by atoms with Crippen LogP contribution in [0.25, 0.3) is 0 Å². The minimum absolute atomic E-state index is 0.0854. The van der Waals surface area contributed by atoms with E-state index in [0.29, 0.717) is 19.5 Å². The first kappa shape index (κ1) is 16.5. The molecule has 120 valence electrons. The van der Waals surface area contributed by atoms with Crippen molar-refractivity contribution in [3.8, 4) is 0 Å². The highest BCUT2D eigenvalue weighted by Gasteiger charge is 2.18. The van der Waals surface area contributed by atoms with Crippen LogP contribution in [0.1, 0.15) is 43.7 Å². The van der Waals surface area contributed by atoms with E-state index in [1.54, 1.807) is 4.90 Å². The van der Waals surface area contributed by atoms with Crippen molar-refractivity contribution in [1.29, 1.82) is 0 Å². The summed E-state index contributed by atoms with van der Waals surface area (Å²) in [6.45, 7) is 1.20. The number of hydrogen-bond donors (Lipinski definition) is 2. The highest BCUT2D eigenvalue weighted by molar-refractivity contribution is 5.84. The van der Waals surface area contributed by atoms with E-state index in [4.69, 9.17) is 5.73 Å². The number of hydrogen-bond acceptors (Lipinski definition) is 3. The lowest BCUT2D eigenvalue weighted by Crippen LogP contribution is -2.43. The molecule has 0 spiro atoms. The van der Waals surface area contributed by atoms with E-state index in [9.17, 15) is 9.59 Å². The summed E-state index contributed by atoms with van der Waals surface area (Å²) in [5.41, 5.74) is 7.05. The summed E-state index contributed by atoms with van der Waals surface area (Å²) >= 11 is 0. The smallest absolute Gasteiger partial charge is 0.239 e. The Morgan fingerprint density at radius 2 is 1.91 bits per heavy atom. The molecule has 0 aromatic heterocycles. The fourth-order valence-corrected chi connectivity index (χ4v) is 2.65. The first-order valence-corrected chi connectivity index (χ1v) is 8.02. The highest BCUT2D eigenvalue weighted by Crippen LogP contribution is 2.11. The van der Waals surface area contributed by atoms with E-state index in [2.05, 4.69) is 5.32 Å². The maximum Gasteiger partial charge on any atom is 0.239 e. The van der Waals surface area contributed by atoms with Crippen LogP contribution in [-0.4, -0.2) is 36.3 Å². The van der Waals surface area contributed by atoms with E-state index in [-0.39, 0.29) is 24.4 Å². The van der Waals surface area contributed by atoms with Gasteiger partial charge in [0.2, 0.25) is 11.8 Å². The second kappa shape index (κ2) is 8.54. The second-order valence-corrected chi connectivity index (χ2v) is 5.80. The quantitative estimate of drug-likeness (QED) is 0.867. The summed E-state index contributed by atoms with van der Waals surface area (Å²) in [5, 5.41) is 2.83. The number of carbonyl (C=O) groups is 2. The average molecular weight is 303 g/mol. The van der Waals surface area contributed by atoms with E-state index in [1.807, 2.05) is 30.3 Å². The fourth-order valence-electron chi connectivity index (χ4n) is 2.65. The van der Waals surface area contributed by atoms with Crippen molar-refractivity contribution in [3.63, 3.8) is 0 Å².